The zero-order chi connectivity index (χ0) is 17.1. The molecule has 4 saturated carbocycles. The van der Waals surface area contributed by atoms with E-state index in [4.69, 9.17) is 0 Å². The Kier molecular flexibility index (Phi) is 4.17. The van der Waals surface area contributed by atoms with Gasteiger partial charge in [0.25, 0.3) is 0 Å². The average Bonchev–Trinajstić information content (AvgIpc) is 2.91. The van der Waals surface area contributed by atoms with Crippen molar-refractivity contribution in [3.05, 3.63) is 0 Å². The summed E-state index contributed by atoms with van der Waals surface area (Å²) in [7, 11) is 0. The number of ketones is 1. The second kappa shape index (κ2) is 5.85. The summed E-state index contributed by atoms with van der Waals surface area (Å²) < 4.78 is 0. The lowest BCUT2D eigenvalue weighted by Crippen LogP contribution is -2.55. The molecule has 0 aromatic rings. The van der Waals surface area contributed by atoms with Crippen molar-refractivity contribution in [1.82, 2.24) is 0 Å². The first-order valence-electron chi connectivity index (χ1n) is 10.9. The molecule has 0 radical (unpaired) electrons. The van der Waals surface area contributed by atoms with Gasteiger partial charge in [0.2, 0.25) is 0 Å². The predicted octanol–water partition coefficient (Wildman–Crippen LogP) is 6.26. The molecule has 1 nitrogen and oxygen atoms in total. The summed E-state index contributed by atoms with van der Waals surface area (Å²) in [5.41, 5.74) is 0.929. The van der Waals surface area contributed by atoms with E-state index >= 15 is 0 Å². The maximum Gasteiger partial charge on any atom is 0.133 e. The monoisotopic (exact) mass is 330 g/mol. The summed E-state index contributed by atoms with van der Waals surface area (Å²) in [6.45, 7) is 9.48. The molecule has 4 rings (SSSR count). The van der Waals surface area contributed by atoms with Crippen LogP contribution < -0.4 is 0 Å². The molecule has 1 heteroatoms. The minimum Gasteiger partial charge on any atom is -0.300 e. The van der Waals surface area contributed by atoms with Gasteiger partial charge in [-0.2, -0.15) is 0 Å². The van der Waals surface area contributed by atoms with Gasteiger partial charge in [-0.1, -0.05) is 33.6 Å². The Bertz CT molecular complexity index is 502. The molecule has 0 spiro atoms. The number of carbonyl (C=O) groups is 1. The lowest BCUT2D eigenvalue weighted by molar-refractivity contribution is -0.145. The van der Waals surface area contributed by atoms with Crippen molar-refractivity contribution >= 4 is 5.78 Å². The van der Waals surface area contributed by atoms with Crippen LogP contribution in [0.2, 0.25) is 0 Å². The van der Waals surface area contributed by atoms with E-state index in [2.05, 4.69) is 20.8 Å². The van der Waals surface area contributed by atoms with Crippen LogP contribution in [0, 0.1) is 46.3 Å². The molecule has 0 N–H and O–H groups in total. The van der Waals surface area contributed by atoms with Crippen LogP contribution in [0.15, 0.2) is 0 Å². The molecule has 0 bridgehead atoms. The van der Waals surface area contributed by atoms with Gasteiger partial charge in [-0.25, -0.2) is 0 Å². The van der Waals surface area contributed by atoms with Gasteiger partial charge in [-0.3, -0.25) is 4.79 Å². The van der Waals surface area contributed by atoms with Crippen LogP contribution >= 0.6 is 0 Å². The molecular weight excluding hydrogens is 292 g/mol. The van der Waals surface area contributed by atoms with E-state index in [1.165, 1.54) is 64.2 Å². The van der Waals surface area contributed by atoms with Crippen LogP contribution in [-0.2, 0) is 4.79 Å². The Morgan fingerprint density at radius 2 is 1.75 bits per heavy atom. The van der Waals surface area contributed by atoms with Gasteiger partial charge >= 0.3 is 0 Å². The summed E-state index contributed by atoms with van der Waals surface area (Å²) in [6.07, 6.45) is 14.0. The normalized spacial score (nSPS) is 53.8. The highest BCUT2D eigenvalue weighted by atomic mass is 16.1. The fourth-order valence-corrected chi connectivity index (χ4v) is 8.79. The predicted molar refractivity (Wildman–Crippen MR) is 99.7 cm³/mol. The van der Waals surface area contributed by atoms with Gasteiger partial charge in [-0.05, 0) is 98.7 Å². The first-order chi connectivity index (χ1) is 11.4. The van der Waals surface area contributed by atoms with E-state index in [0.717, 1.165) is 29.6 Å². The summed E-state index contributed by atoms with van der Waals surface area (Å²) in [6, 6.07) is 0. The van der Waals surface area contributed by atoms with Crippen LogP contribution in [0.5, 0.6) is 0 Å². The molecule has 24 heavy (non-hydrogen) atoms. The Hall–Kier alpha value is -0.330. The van der Waals surface area contributed by atoms with Crippen molar-refractivity contribution in [2.75, 3.05) is 0 Å². The number of carbonyl (C=O) groups excluding carboxylic acids is 1. The molecule has 0 heterocycles. The smallest absolute Gasteiger partial charge is 0.133 e. The highest BCUT2D eigenvalue weighted by Gasteiger charge is 2.61. The Labute approximate surface area is 149 Å². The first-order valence-corrected chi connectivity index (χ1v) is 10.9. The third-order valence-electron chi connectivity index (χ3n) is 9.93. The number of Topliss-reactive ketones (excluding diaryl/α,β-unsaturated/α-hetero) is 1. The molecule has 4 fully saturated rings. The maximum absolute atomic E-state index is 12.3. The second-order valence-electron chi connectivity index (χ2n) is 10.3. The lowest BCUT2D eigenvalue weighted by atomic mass is 9.42. The van der Waals surface area contributed by atoms with Gasteiger partial charge in [-0.15, -0.1) is 0 Å². The van der Waals surface area contributed by atoms with Crippen molar-refractivity contribution in [2.45, 2.75) is 91.9 Å². The second-order valence-corrected chi connectivity index (χ2v) is 10.3. The van der Waals surface area contributed by atoms with Gasteiger partial charge in [0.15, 0.2) is 0 Å². The quantitative estimate of drug-likeness (QED) is 0.584. The zero-order valence-corrected chi connectivity index (χ0v) is 16.4. The molecular formula is C23H38O. The minimum absolute atomic E-state index is 0.326. The SMILES string of the molecule is CCC1CCC[C@H]2CC[C@H]3[C@@H]4CC[C@H](C(C)=O)[C@]4(C)CC[C@@H]3[C@@]12C. The first kappa shape index (κ1) is 17.1. The fourth-order valence-electron chi connectivity index (χ4n) is 8.79. The number of hydrogen-bond acceptors (Lipinski definition) is 1. The number of hydrogen-bond donors (Lipinski definition) is 0. The van der Waals surface area contributed by atoms with Crippen LogP contribution in [-0.4, -0.2) is 5.78 Å². The molecule has 8 atom stereocenters. The zero-order valence-electron chi connectivity index (χ0n) is 16.4. The van der Waals surface area contributed by atoms with E-state index in [1.807, 2.05) is 6.92 Å². The van der Waals surface area contributed by atoms with Crippen molar-refractivity contribution in [2.24, 2.45) is 46.3 Å². The fraction of sp³-hybridized carbons (Fsp3) is 0.957. The van der Waals surface area contributed by atoms with Crippen LogP contribution in [0.25, 0.3) is 0 Å². The van der Waals surface area contributed by atoms with Gasteiger partial charge < -0.3 is 0 Å². The summed E-state index contributed by atoms with van der Waals surface area (Å²) in [4.78, 5) is 12.3. The summed E-state index contributed by atoms with van der Waals surface area (Å²) in [5.74, 6) is 5.49. The Balaban J connectivity index is 1.66. The minimum atomic E-state index is 0.326. The van der Waals surface area contributed by atoms with Crippen molar-refractivity contribution in [3.8, 4) is 0 Å². The molecule has 0 aliphatic heterocycles. The highest BCUT2D eigenvalue weighted by molar-refractivity contribution is 5.79. The van der Waals surface area contributed by atoms with E-state index in [1.54, 1.807) is 0 Å². The van der Waals surface area contributed by atoms with Crippen molar-refractivity contribution < 1.29 is 4.79 Å². The third kappa shape index (κ3) is 2.15. The molecule has 0 saturated heterocycles. The largest absolute Gasteiger partial charge is 0.300 e. The third-order valence-corrected chi connectivity index (χ3v) is 9.93. The van der Waals surface area contributed by atoms with E-state index in [9.17, 15) is 4.79 Å². The van der Waals surface area contributed by atoms with Crippen molar-refractivity contribution in [1.29, 1.82) is 0 Å². The average molecular weight is 331 g/mol. The molecule has 0 aromatic carbocycles. The molecule has 0 aromatic heterocycles. The van der Waals surface area contributed by atoms with Crippen molar-refractivity contribution in [3.63, 3.8) is 0 Å². The highest BCUT2D eigenvalue weighted by Crippen LogP contribution is 2.68. The maximum atomic E-state index is 12.3. The topological polar surface area (TPSA) is 17.1 Å². The molecule has 0 amide bonds. The van der Waals surface area contributed by atoms with Crippen LogP contribution in [0.1, 0.15) is 91.9 Å². The lowest BCUT2D eigenvalue weighted by Gasteiger charge is -2.63. The Morgan fingerprint density at radius 3 is 2.46 bits per heavy atom. The van der Waals surface area contributed by atoms with E-state index < -0.39 is 0 Å². The van der Waals surface area contributed by atoms with Crippen LogP contribution in [0.3, 0.4) is 0 Å². The summed E-state index contributed by atoms with van der Waals surface area (Å²) >= 11 is 0. The molecule has 4 aliphatic carbocycles. The van der Waals surface area contributed by atoms with Gasteiger partial charge in [0.05, 0.1) is 0 Å². The standard InChI is InChI=1S/C23H38O/c1-5-16-7-6-8-17-9-10-18-20-12-11-19(15(2)24)22(20,3)14-13-21(18)23(16,17)4/h16-21H,5-14H2,1-4H3/t16?,17-,18-,19+,20-,21-,22-,23-/m0/s1. The number of fused-ring (bicyclic) bond motifs is 5. The number of rotatable bonds is 2. The van der Waals surface area contributed by atoms with Gasteiger partial charge in [0.1, 0.15) is 5.78 Å². The molecule has 1 unspecified atom stereocenters. The molecule has 4 aliphatic rings. The summed E-state index contributed by atoms with van der Waals surface area (Å²) in [5, 5.41) is 0. The Morgan fingerprint density at radius 1 is 0.958 bits per heavy atom. The van der Waals surface area contributed by atoms with E-state index in [0.29, 0.717) is 22.5 Å². The van der Waals surface area contributed by atoms with Crippen LogP contribution in [0.4, 0.5) is 0 Å². The van der Waals surface area contributed by atoms with Gasteiger partial charge in [0, 0.05) is 5.92 Å². The molecule has 136 valence electrons. The van der Waals surface area contributed by atoms with E-state index in [-0.39, 0.29) is 0 Å².